The van der Waals surface area contributed by atoms with Gasteiger partial charge in [-0.1, -0.05) is 0 Å². The SMILES string of the molecule is Cn1ccnc1C=C(CNC(=O)OC(C)(C)C)B1OC(C)(C)C(C)(C)O1. The number of ether oxygens (including phenoxy) is 1. The van der Waals surface area contributed by atoms with Crippen LogP contribution in [0.1, 0.15) is 54.3 Å². The van der Waals surface area contributed by atoms with E-state index in [2.05, 4.69) is 10.3 Å². The van der Waals surface area contributed by atoms with Crippen molar-refractivity contribution in [3.8, 4) is 0 Å². The molecule has 7 nitrogen and oxygen atoms in total. The summed E-state index contributed by atoms with van der Waals surface area (Å²) in [5.41, 5.74) is -0.726. The summed E-state index contributed by atoms with van der Waals surface area (Å²) in [5, 5.41) is 2.78. The number of carbonyl (C=O) groups excluding carboxylic acids is 1. The van der Waals surface area contributed by atoms with Gasteiger partial charge in [0, 0.05) is 26.0 Å². The molecule has 0 saturated carbocycles. The maximum atomic E-state index is 12.0. The number of nitrogens with one attached hydrogen (secondary N) is 1. The van der Waals surface area contributed by atoms with E-state index in [-0.39, 0.29) is 6.54 Å². The van der Waals surface area contributed by atoms with E-state index in [9.17, 15) is 4.79 Å². The maximum Gasteiger partial charge on any atom is 0.492 e. The zero-order valence-corrected chi connectivity index (χ0v) is 17.0. The molecule has 1 aromatic heterocycles. The number of carbonyl (C=O) groups is 1. The summed E-state index contributed by atoms with van der Waals surface area (Å²) in [6, 6.07) is 0. The van der Waals surface area contributed by atoms with Gasteiger partial charge >= 0.3 is 13.2 Å². The molecule has 2 rings (SSSR count). The van der Waals surface area contributed by atoms with E-state index in [1.54, 1.807) is 6.20 Å². The van der Waals surface area contributed by atoms with Crippen molar-refractivity contribution < 1.29 is 18.8 Å². The van der Waals surface area contributed by atoms with Crippen molar-refractivity contribution in [3.05, 3.63) is 23.7 Å². The van der Waals surface area contributed by atoms with Crippen LogP contribution < -0.4 is 5.32 Å². The van der Waals surface area contributed by atoms with Crippen LogP contribution in [0.15, 0.2) is 17.9 Å². The second-order valence-electron chi connectivity index (χ2n) is 8.56. The van der Waals surface area contributed by atoms with Gasteiger partial charge in [0.05, 0.1) is 11.2 Å². The minimum absolute atomic E-state index is 0.235. The fourth-order valence-corrected chi connectivity index (χ4v) is 2.37. The quantitative estimate of drug-likeness (QED) is 0.833. The number of alkyl carbamates (subject to hydrolysis) is 1. The average molecular weight is 363 g/mol. The van der Waals surface area contributed by atoms with E-state index >= 15 is 0 Å². The van der Waals surface area contributed by atoms with E-state index in [0.29, 0.717) is 0 Å². The minimum Gasteiger partial charge on any atom is -0.444 e. The smallest absolute Gasteiger partial charge is 0.444 e. The highest BCUT2D eigenvalue weighted by Gasteiger charge is 2.52. The first-order chi connectivity index (χ1) is 11.8. The van der Waals surface area contributed by atoms with Crippen molar-refractivity contribution in [2.75, 3.05) is 6.54 Å². The number of hydrogen-bond donors (Lipinski definition) is 1. The molecule has 0 bridgehead atoms. The molecule has 0 aromatic carbocycles. The van der Waals surface area contributed by atoms with Crippen molar-refractivity contribution in [2.45, 2.75) is 65.3 Å². The molecule has 0 unspecified atom stereocenters. The molecule has 1 fully saturated rings. The molecule has 0 atom stereocenters. The Bertz CT molecular complexity index is 673. The summed E-state index contributed by atoms with van der Waals surface area (Å²) in [6.45, 7) is 13.7. The summed E-state index contributed by atoms with van der Waals surface area (Å²) in [7, 11) is 1.33. The fourth-order valence-electron chi connectivity index (χ4n) is 2.37. The molecule has 8 heteroatoms. The summed E-state index contributed by atoms with van der Waals surface area (Å²) in [5.74, 6) is 0.751. The molecule has 1 aromatic rings. The van der Waals surface area contributed by atoms with Gasteiger partial charge in [0.2, 0.25) is 0 Å². The van der Waals surface area contributed by atoms with Crippen LogP contribution in [0.3, 0.4) is 0 Å². The van der Waals surface area contributed by atoms with Crippen LogP contribution in [-0.4, -0.2) is 46.1 Å². The van der Waals surface area contributed by atoms with Gasteiger partial charge in [-0.05, 0) is 60.0 Å². The van der Waals surface area contributed by atoms with E-state index < -0.39 is 30.0 Å². The first kappa shape index (κ1) is 20.5. The molecule has 0 radical (unpaired) electrons. The number of nitrogens with zero attached hydrogens (tertiary/aromatic N) is 2. The van der Waals surface area contributed by atoms with Crippen LogP contribution in [-0.2, 0) is 21.1 Å². The molecule has 0 spiro atoms. The van der Waals surface area contributed by atoms with E-state index in [1.165, 1.54) is 0 Å². The molecule has 1 N–H and O–H groups in total. The van der Waals surface area contributed by atoms with Crippen LogP contribution in [0, 0.1) is 0 Å². The van der Waals surface area contributed by atoms with Gasteiger partial charge in [-0.3, -0.25) is 0 Å². The Labute approximate surface area is 156 Å². The first-order valence-electron chi connectivity index (χ1n) is 8.81. The number of imidazole rings is 1. The Morgan fingerprint density at radius 2 is 1.88 bits per heavy atom. The standard InChI is InChI=1S/C18H30BN3O4/c1-16(2,3)24-15(23)21-12-13(11-14-20-9-10-22(14)8)19-25-17(4,5)18(6,7)26-19/h9-11H,12H2,1-8H3,(H,21,23). The van der Waals surface area contributed by atoms with E-state index in [0.717, 1.165) is 11.3 Å². The summed E-state index contributed by atoms with van der Waals surface area (Å²) < 4.78 is 19.5. The topological polar surface area (TPSA) is 74.6 Å². The van der Waals surface area contributed by atoms with Crippen molar-refractivity contribution in [3.63, 3.8) is 0 Å². The number of rotatable bonds is 4. The van der Waals surface area contributed by atoms with Crippen LogP contribution in [0.2, 0.25) is 0 Å². The molecule has 1 aliphatic heterocycles. The number of amides is 1. The van der Waals surface area contributed by atoms with Crippen LogP contribution in [0.4, 0.5) is 4.79 Å². The highest BCUT2D eigenvalue weighted by Crippen LogP contribution is 2.38. The Hall–Kier alpha value is -1.80. The lowest BCUT2D eigenvalue weighted by Crippen LogP contribution is -2.41. The van der Waals surface area contributed by atoms with Crippen molar-refractivity contribution >= 4 is 19.3 Å². The van der Waals surface area contributed by atoms with Crippen LogP contribution in [0.25, 0.3) is 6.08 Å². The van der Waals surface area contributed by atoms with Crippen LogP contribution in [0.5, 0.6) is 0 Å². The minimum atomic E-state index is -0.577. The molecule has 26 heavy (non-hydrogen) atoms. The fraction of sp³-hybridized carbons (Fsp3) is 0.667. The second kappa shape index (κ2) is 7.08. The van der Waals surface area contributed by atoms with Gasteiger partial charge in [0.15, 0.2) is 0 Å². The number of aryl methyl sites for hydroxylation is 1. The molecular formula is C18H30BN3O4. The third kappa shape index (κ3) is 4.89. The Balaban J connectivity index is 2.20. The monoisotopic (exact) mass is 363 g/mol. The van der Waals surface area contributed by atoms with Gasteiger partial charge in [0.1, 0.15) is 11.4 Å². The van der Waals surface area contributed by atoms with Crippen LogP contribution >= 0.6 is 0 Å². The Kier molecular flexibility index (Phi) is 5.59. The molecule has 1 saturated heterocycles. The zero-order valence-electron chi connectivity index (χ0n) is 17.0. The first-order valence-corrected chi connectivity index (χ1v) is 8.81. The highest BCUT2D eigenvalue weighted by atomic mass is 16.7. The third-order valence-corrected chi connectivity index (χ3v) is 4.56. The van der Waals surface area contributed by atoms with Gasteiger partial charge in [0.25, 0.3) is 0 Å². The molecule has 144 valence electrons. The lowest BCUT2D eigenvalue weighted by atomic mass is 9.77. The van der Waals surface area contributed by atoms with Crippen molar-refractivity contribution in [1.82, 2.24) is 14.9 Å². The van der Waals surface area contributed by atoms with Gasteiger partial charge < -0.3 is 23.9 Å². The largest absolute Gasteiger partial charge is 0.492 e. The van der Waals surface area contributed by atoms with Gasteiger partial charge in [-0.25, -0.2) is 9.78 Å². The summed E-state index contributed by atoms with van der Waals surface area (Å²) >= 11 is 0. The summed E-state index contributed by atoms with van der Waals surface area (Å²) in [4.78, 5) is 16.4. The molecular weight excluding hydrogens is 333 g/mol. The van der Waals surface area contributed by atoms with E-state index in [1.807, 2.05) is 72.4 Å². The summed E-state index contributed by atoms with van der Waals surface area (Å²) in [6.07, 6.45) is 4.96. The van der Waals surface area contributed by atoms with E-state index in [4.69, 9.17) is 14.0 Å². The maximum absolute atomic E-state index is 12.0. The molecule has 1 amide bonds. The average Bonchev–Trinajstić information content (AvgIpc) is 2.93. The van der Waals surface area contributed by atoms with Gasteiger partial charge in [-0.2, -0.15) is 0 Å². The Morgan fingerprint density at radius 1 is 1.31 bits per heavy atom. The third-order valence-electron chi connectivity index (χ3n) is 4.56. The predicted octanol–water partition coefficient (Wildman–Crippen LogP) is 2.96. The second-order valence-corrected chi connectivity index (χ2v) is 8.56. The highest BCUT2D eigenvalue weighted by molar-refractivity contribution is 6.55. The Morgan fingerprint density at radius 3 is 2.35 bits per heavy atom. The normalized spacial score (nSPS) is 19.5. The zero-order chi connectivity index (χ0) is 19.8. The lowest BCUT2D eigenvalue weighted by molar-refractivity contribution is 0.00578. The molecule has 0 aliphatic carbocycles. The van der Waals surface area contributed by atoms with Crippen molar-refractivity contribution in [2.24, 2.45) is 7.05 Å². The lowest BCUT2D eigenvalue weighted by Gasteiger charge is -2.32. The predicted molar refractivity (Wildman–Crippen MR) is 102 cm³/mol. The molecule has 1 aliphatic rings. The van der Waals surface area contributed by atoms with Gasteiger partial charge in [-0.15, -0.1) is 0 Å². The molecule has 2 heterocycles. The number of hydrogen-bond acceptors (Lipinski definition) is 5. The number of aromatic nitrogens is 2. The van der Waals surface area contributed by atoms with Crippen molar-refractivity contribution in [1.29, 1.82) is 0 Å².